The van der Waals surface area contributed by atoms with Gasteiger partial charge in [-0.2, -0.15) is 0 Å². The fraction of sp³-hybridized carbons (Fsp3) is 0.143. The van der Waals surface area contributed by atoms with Crippen molar-refractivity contribution < 1.29 is 4.55 Å². The van der Waals surface area contributed by atoms with Crippen LogP contribution in [-0.2, 0) is 11.2 Å². The minimum Gasteiger partial charge on any atom is -0.616 e. The van der Waals surface area contributed by atoms with E-state index in [0.29, 0.717) is 22.4 Å². The molecule has 6 rings (SSSR count). The number of aromatic amines is 1. The molecule has 1 aliphatic rings. The van der Waals surface area contributed by atoms with Gasteiger partial charge < -0.3 is 19.8 Å². The average molecular weight is 514 g/mol. The number of H-pyrrole nitrogens is 1. The molecular weight excluding hydrogens is 490 g/mol. The van der Waals surface area contributed by atoms with Gasteiger partial charge in [0, 0.05) is 22.3 Å². The van der Waals surface area contributed by atoms with Crippen molar-refractivity contribution in [2.75, 3.05) is 34.8 Å². The Kier molecular flexibility index (Phi) is 6.27. The van der Waals surface area contributed by atoms with Crippen LogP contribution in [0.1, 0.15) is 0 Å². The standard InChI is InChI=1S/C28H24ClN5OS/c29-23-11-9-20(17-22(23)28-30-18-26(33-28)19-5-2-1-3-6-19)31-24-7-4-8-25-21(24)10-12-27(32-25)34-13-15-36(35)16-14-34/h1-12,17-18,31H,13-16H2,(H,30,33). The molecule has 180 valence electrons. The first-order valence-corrected chi connectivity index (χ1v) is 13.7. The highest BCUT2D eigenvalue weighted by Crippen LogP contribution is 2.33. The van der Waals surface area contributed by atoms with Gasteiger partial charge >= 0.3 is 0 Å². The number of pyridine rings is 1. The van der Waals surface area contributed by atoms with Gasteiger partial charge in [-0.1, -0.05) is 59.2 Å². The number of anilines is 3. The van der Waals surface area contributed by atoms with Gasteiger partial charge in [-0.05, 0) is 48.0 Å². The summed E-state index contributed by atoms with van der Waals surface area (Å²) in [5.41, 5.74) is 5.62. The number of rotatable bonds is 5. The molecule has 0 saturated carbocycles. The highest BCUT2D eigenvalue weighted by molar-refractivity contribution is 7.91. The summed E-state index contributed by atoms with van der Waals surface area (Å²) in [7, 11) is 0. The fourth-order valence-corrected chi connectivity index (χ4v) is 5.72. The second-order valence-corrected chi connectivity index (χ2v) is 10.8. The second-order valence-electron chi connectivity index (χ2n) is 8.71. The largest absolute Gasteiger partial charge is 0.616 e. The van der Waals surface area contributed by atoms with Gasteiger partial charge in [0.2, 0.25) is 0 Å². The summed E-state index contributed by atoms with van der Waals surface area (Å²) < 4.78 is 11.7. The first-order chi connectivity index (χ1) is 17.6. The van der Waals surface area contributed by atoms with Gasteiger partial charge in [-0.15, -0.1) is 0 Å². The van der Waals surface area contributed by atoms with E-state index in [4.69, 9.17) is 16.6 Å². The predicted molar refractivity (Wildman–Crippen MR) is 150 cm³/mol. The summed E-state index contributed by atoms with van der Waals surface area (Å²) in [6, 6.07) is 26.1. The maximum Gasteiger partial charge on any atom is 0.139 e. The number of benzene rings is 3. The number of nitrogens with one attached hydrogen (secondary N) is 2. The van der Waals surface area contributed by atoms with E-state index in [-0.39, 0.29) is 0 Å². The summed E-state index contributed by atoms with van der Waals surface area (Å²) in [6.07, 6.45) is 1.83. The van der Waals surface area contributed by atoms with Crippen LogP contribution in [0.5, 0.6) is 0 Å². The van der Waals surface area contributed by atoms with Crippen LogP contribution in [0.3, 0.4) is 0 Å². The Bertz CT molecular complexity index is 1520. The van der Waals surface area contributed by atoms with Crippen molar-refractivity contribution in [3.63, 3.8) is 0 Å². The molecule has 3 heterocycles. The highest BCUT2D eigenvalue weighted by Gasteiger charge is 2.20. The Morgan fingerprint density at radius 2 is 1.78 bits per heavy atom. The van der Waals surface area contributed by atoms with Crippen LogP contribution in [-0.4, -0.2) is 44.1 Å². The quantitative estimate of drug-likeness (QED) is 0.271. The van der Waals surface area contributed by atoms with Crippen molar-refractivity contribution in [3.8, 4) is 22.6 Å². The van der Waals surface area contributed by atoms with Gasteiger partial charge in [0.25, 0.3) is 0 Å². The van der Waals surface area contributed by atoms with Crippen LogP contribution in [0.15, 0.2) is 85.1 Å². The molecule has 2 aromatic heterocycles. The summed E-state index contributed by atoms with van der Waals surface area (Å²) >= 11 is 5.85. The molecule has 0 aliphatic carbocycles. The van der Waals surface area contributed by atoms with E-state index in [1.807, 2.05) is 79.0 Å². The zero-order chi connectivity index (χ0) is 24.5. The second kappa shape index (κ2) is 9.85. The lowest BCUT2D eigenvalue weighted by atomic mass is 10.1. The third-order valence-corrected chi connectivity index (χ3v) is 7.99. The number of hydrogen-bond acceptors (Lipinski definition) is 5. The monoisotopic (exact) mass is 513 g/mol. The average Bonchev–Trinajstić information content (AvgIpc) is 3.41. The molecule has 0 bridgehead atoms. The molecule has 1 fully saturated rings. The molecule has 1 saturated heterocycles. The minimum absolute atomic E-state index is 0.626. The lowest BCUT2D eigenvalue weighted by molar-refractivity contribution is 0.585. The van der Waals surface area contributed by atoms with Gasteiger partial charge in [0.05, 0.1) is 35.5 Å². The Balaban J connectivity index is 1.28. The van der Waals surface area contributed by atoms with Crippen LogP contribution in [0.4, 0.5) is 17.2 Å². The van der Waals surface area contributed by atoms with Gasteiger partial charge in [0.1, 0.15) is 23.1 Å². The molecule has 5 aromatic rings. The molecule has 0 spiro atoms. The minimum atomic E-state index is -0.710. The SMILES string of the molecule is [O-][S+]1CCN(c2ccc3c(Nc4ccc(Cl)c(-c5ncc(-c6ccccc6)[nH]5)c4)cccc3n2)CC1. The van der Waals surface area contributed by atoms with Gasteiger partial charge in [-0.3, -0.25) is 0 Å². The Hall–Kier alpha value is -3.52. The van der Waals surface area contributed by atoms with Gasteiger partial charge in [0.15, 0.2) is 0 Å². The molecule has 6 nitrogen and oxygen atoms in total. The third-order valence-electron chi connectivity index (χ3n) is 6.38. The molecule has 0 atom stereocenters. The third kappa shape index (κ3) is 4.65. The summed E-state index contributed by atoms with van der Waals surface area (Å²) in [6.45, 7) is 1.55. The van der Waals surface area contributed by atoms with Crippen LogP contribution >= 0.6 is 11.6 Å². The molecule has 3 aromatic carbocycles. The molecule has 0 amide bonds. The van der Waals surface area contributed by atoms with Crippen molar-refractivity contribution in [2.24, 2.45) is 0 Å². The highest BCUT2D eigenvalue weighted by atomic mass is 35.5. The van der Waals surface area contributed by atoms with Crippen LogP contribution in [0.25, 0.3) is 33.5 Å². The van der Waals surface area contributed by atoms with E-state index in [0.717, 1.165) is 58.0 Å². The van der Waals surface area contributed by atoms with Crippen molar-refractivity contribution >= 4 is 50.9 Å². The number of hydrogen-bond donors (Lipinski definition) is 2. The summed E-state index contributed by atoms with van der Waals surface area (Å²) in [5.74, 6) is 3.04. The van der Waals surface area contributed by atoms with Crippen molar-refractivity contribution in [1.29, 1.82) is 0 Å². The Labute approximate surface area is 217 Å². The van der Waals surface area contributed by atoms with E-state index < -0.39 is 11.2 Å². The lowest BCUT2D eigenvalue weighted by Crippen LogP contribution is -2.40. The molecule has 0 radical (unpaired) electrons. The summed E-state index contributed by atoms with van der Waals surface area (Å²) in [4.78, 5) is 15.1. The normalized spacial score (nSPS) is 14.3. The zero-order valence-corrected chi connectivity index (χ0v) is 21.0. The van der Waals surface area contributed by atoms with E-state index in [9.17, 15) is 4.55 Å². The first kappa shape index (κ1) is 22.9. The molecule has 2 N–H and O–H groups in total. The predicted octanol–water partition coefficient (Wildman–Crippen LogP) is 6.26. The Morgan fingerprint density at radius 1 is 0.944 bits per heavy atom. The zero-order valence-electron chi connectivity index (χ0n) is 19.4. The van der Waals surface area contributed by atoms with E-state index >= 15 is 0 Å². The fourth-order valence-electron chi connectivity index (χ4n) is 4.46. The molecule has 1 aliphatic heterocycles. The van der Waals surface area contributed by atoms with E-state index in [2.05, 4.69) is 26.3 Å². The van der Waals surface area contributed by atoms with Crippen LogP contribution < -0.4 is 10.2 Å². The van der Waals surface area contributed by atoms with E-state index in [1.165, 1.54) is 0 Å². The number of imidazole rings is 1. The first-order valence-electron chi connectivity index (χ1n) is 11.8. The van der Waals surface area contributed by atoms with Crippen LogP contribution in [0, 0.1) is 0 Å². The maximum atomic E-state index is 11.7. The lowest BCUT2D eigenvalue weighted by Gasteiger charge is -2.29. The number of aromatic nitrogens is 3. The molecule has 0 unspecified atom stereocenters. The van der Waals surface area contributed by atoms with E-state index in [1.54, 1.807) is 0 Å². The molecule has 8 heteroatoms. The smallest absolute Gasteiger partial charge is 0.139 e. The number of halogens is 1. The molecular formula is C28H24ClN5OS. The molecule has 36 heavy (non-hydrogen) atoms. The van der Waals surface area contributed by atoms with Crippen molar-refractivity contribution in [1.82, 2.24) is 15.0 Å². The van der Waals surface area contributed by atoms with Crippen LogP contribution in [0.2, 0.25) is 5.02 Å². The maximum absolute atomic E-state index is 11.7. The van der Waals surface area contributed by atoms with Crippen molar-refractivity contribution in [2.45, 2.75) is 0 Å². The van der Waals surface area contributed by atoms with Gasteiger partial charge in [-0.25, -0.2) is 9.97 Å². The summed E-state index contributed by atoms with van der Waals surface area (Å²) in [5, 5.41) is 5.19. The number of nitrogens with zero attached hydrogens (tertiary/aromatic N) is 3. The number of fused-ring (bicyclic) bond motifs is 1. The van der Waals surface area contributed by atoms with Crippen molar-refractivity contribution in [3.05, 3.63) is 90.1 Å². The topological polar surface area (TPSA) is 79.9 Å². The Morgan fingerprint density at radius 3 is 2.61 bits per heavy atom.